The Morgan fingerprint density at radius 2 is 2.28 bits per heavy atom. The lowest BCUT2D eigenvalue weighted by molar-refractivity contribution is 0.155. The minimum Gasteiger partial charge on any atom is -0.380 e. The lowest BCUT2D eigenvalue weighted by Crippen LogP contribution is -2.37. The zero-order chi connectivity index (χ0) is 13.1. The molecular weight excluding hydrogens is 238 g/mol. The van der Waals surface area contributed by atoms with E-state index in [-0.39, 0.29) is 5.56 Å². The number of likely N-dealkylation sites (N-methyl/N-ethyl adjacent to an activating group) is 1. The van der Waals surface area contributed by atoms with Gasteiger partial charge in [0.25, 0.3) is 0 Å². The van der Waals surface area contributed by atoms with Crippen LogP contribution in [0.25, 0.3) is 0 Å². The van der Waals surface area contributed by atoms with E-state index in [1.165, 1.54) is 12.1 Å². The van der Waals surface area contributed by atoms with Gasteiger partial charge >= 0.3 is 0 Å². The Morgan fingerprint density at radius 1 is 1.50 bits per heavy atom. The van der Waals surface area contributed by atoms with Crippen LogP contribution in [0.4, 0.5) is 8.78 Å². The van der Waals surface area contributed by atoms with E-state index >= 15 is 0 Å². The predicted octanol–water partition coefficient (Wildman–Crippen LogP) is 1.69. The van der Waals surface area contributed by atoms with Gasteiger partial charge in [0.15, 0.2) is 11.6 Å². The SMILES string of the molecule is CN(CC(N)c1cccc(F)c1F)C1CCOC1. The summed E-state index contributed by atoms with van der Waals surface area (Å²) in [4.78, 5) is 2.04. The maximum Gasteiger partial charge on any atom is 0.163 e. The van der Waals surface area contributed by atoms with Crippen molar-refractivity contribution in [1.29, 1.82) is 0 Å². The van der Waals surface area contributed by atoms with Crippen molar-refractivity contribution in [1.82, 2.24) is 4.90 Å². The van der Waals surface area contributed by atoms with Gasteiger partial charge in [0.2, 0.25) is 0 Å². The lowest BCUT2D eigenvalue weighted by Gasteiger charge is -2.26. The minimum absolute atomic E-state index is 0.223. The first kappa shape index (κ1) is 13.4. The molecule has 1 aliphatic rings. The molecule has 1 fully saturated rings. The second-order valence-corrected chi connectivity index (χ2v) is 4.71. The van der Waals surface area contributed by atoms with Crippen LogP contribution < -0.4 is 5.73 Å². The van der Waals surface area contributed by atoms with Crippen molar-refractivity contribution in [3.63, 3.8) is 0 Å². The van der Waals surface area contributed by atoms with Gasteiger partial charge in [-0.05, 0) is 19.5 Å². The van der Waals surface area contributed by atoms with Crippen LogP contribution in [0.15, 0.2) is 18.2 Å². The summed E-state index contributed by atoms with van der Waals surface area (Å²) in [5.74, 6) is -1.70. The van der Waals surface area contributed by atoms with Gasteiger partial charge in [-0.1, -0.05) is 12.1 Å². The Hall–Kier alpha value is -1.04. The first-order valence-electron chi connectivity index (χ1n) is 6.07. The highest BCUT2D eigenvalue weighted by Crippen LogP contribution is 2.20. The highest BCUT2D eigenvalue weighted by Gasteiger charge is 2.23. The number of rotatable bonds is 4. The summed E-state index contributed by atoms with van der Waals surface area (Å²) in [7, 11) is 1.93. The molecule has 0 spiro atoms. The maximum atomic E-state index is 13.6. The number of hydrogen-bond donors (Lipinski definition) is 1. The van der Waals surface area contributed by atoms with E-state index in [9.17, 15) is 8.78 Å². The smallest absolute Gasteiger partial charge is 0.163 e. The molecule has 0 aliphatic carbocycles. The monoisotopic (exact) mass is 256 g/mol. The Bertz CT molecular complexity index is 408. The molecule has 0 radical (unpaired) electrons. The van der Waals surface area contributed by atoms with Crippen molar-refractivity contribution in [3.8, 4) is 0 Å². The number of ether oxygens (including phenoxy) is 1. The number of halogens is 2. The molecule has 100 valence electrons. The lowest BCUT2D eigenvalue weighted by atomic mass is 10.1. The van der Waals surface area contributed by atoms with Crippen LogP contribution in [0.2, 0.25) is 0 Å². The molecule has 18 heavy (non-hydrogen) atoms. The Labute approximate surface area is 106 Å². The normalized spacial score (nSPS) is 21.5. The number of hydrogen-bond acceptors (Lipinski definition) is 3. The summed E-state index contributed by atoms with van der Waals surface area (Å²) in [6, 6.07) is 3.88. The molecule has 1 heterocycles. The Kier molecular flexibility index (Phi) is 4.27. The molecule has 2 unspecified atom stereocenters. The molecule has 1 saturated heterocycles. The Balaban J connectivity index is 2.02. The van der Waals surface area contributed by atoms with Crippen LogP contribution in [-0.2, 0) is 4.74 Å². The van der Waals surface area contributed by atoms with Gasteiger partial charge in [-0.15, -0.1) is 0 Å². The number of benzene rings is 1. The van der Waals surface area contributed by atoms with Gasteiger partial charge in [0, 0.05) is 30.8 Å². The van der Waals surface area contributed by atoms with Crippen molar-refractivity contribution < 1.29 is 13.5 Å². The van der Waals surface area contributed by atoms with Crippen molar-refractivity contribution in [2.75, 3.05) is 26.8 Å². The van der Waals surface area contributed by atoms with Gasteiger partial charge in [0.05, 0.1) is 6.61 Å². The third kappa shape index (κ3) is 2.85. The molecule has 0 saturated carbocycles. The number of nitrogens with two attached hydrogens (primary N) is 1. The average Bonchev–Trinajstić information content (AvgIpc) is 2.86. The van der Waals surface area contributed by atoms with Gasteiger partial charge in [-0.2, -0.15) is 0 Å². The minimum atomic E-state index is -0.852. The second kappa shape index (κ2) is 5.73. The van der Waals surface area contributed by atoms with E-state index in [0.717, 1.165) is 19.1 Å². The average molecular weight is 256 g/mol. The van der Waals surface area contributed by atoms with E-state index in [1.54, 1.807) is 0 Å². The predicted molar refractivity (Wildman–Crippen MR) is 65.1 cm³/mol. The quantitative estimate of drug-likeness (QED) is 0.891. The van der Waals surface area contributed by atoms with Crippen molar-refractivity contribution in [2.24, 2.45) is 5.73 Å². The van der Waals surface area contributed by atoms with Crippen LogP contribution in [0.3, 0.4) is 0 Å². The summed E-state index contributed by atoms with van der Waals surface area (Å²) in [6.45, 7) is 1.90. The van der Waals surface area contributed by atoms with Gasteiger partial charge in [-0.25, -0.2) is 8.78 Å². The summed E-state index contributed by atoms with van der Waals surface area (Å²) >= 11 is 0. The maximum absolute atomic E-state index is 13.6. The van der Waals surface area contributed by atoms with E-state index < -0.39 is 17.7 Å². The third-order valence-electron chi connectivity index (χ3n) is 3.39. The molecule has 3 nitrogen and oxygen atoms in total. The molecule has 0 aromatic heterocycles. The molecule has 1 aromatic carbocycles. The van der Waals surface area contributed by atoms with Crippen molar-refractivity contribution in [3.05, 3.63) is 35.4 Å². The van der Waals surface area contributed by atoms with Gasteiger partial charge in [-0.3, -0.25) is 4.90 Å². The highest BCUT2D eigenvalue weighted by atomic mass is 19.2. The molecule has 0 bridgehead atoms. The largest absolute Gasteiger partial charge is 0.380 e. The summed E-state index contributed by atoms with van der Waals surface area (Å²) < 4.78 is 32.0. The molecule has 0 amide bonds. The fourth-order valence-electron chi connectivity index (χ4n) is 2.23. The molecule has 2 atom stereocenters. The molecule has 2 rings (SSSR count). The topological polar surface area (TPSA) is 38.5 Å². The molecule has 5 heteroatoms. The first-order chi connectivity index (χ1) is 8.59. The molecular formula is C13H18F2N2O. The van der Waals surface area contributed by atoms with Crippen LogP contribution in [0.5, 0.6) is 0 Å². The summed E-state index contributed by atoms with van der Waals surface area (Å²) in [6.07, 6.45) is 0.953. The van der Waals surface area contributed by atoms with Crippen molar-refractivity contribution >= 4 is 0 Å². The Morgan fingerprint density at radius 3 is 2.94 bits per heavy atom. The van der Waals surface area contributed by atoms with E-state index in [0.29, 0.717) is 19.2 Å². The van der Waals surface area contributed by atoms with Crippen molar-refractivity contribution in [2.45, 2.75) is 18.5 Å². The fourth-order valence-corrected chi connectivity index (χ4v) is 2.23. The van der Waals surface area contributed by atoms with Crippen LogP contribution in [0, 0.1) is 11.6 Å². The second-order valence-electron chi connectivity index (χ2n) is 4.71. The van der Waals surface area contributed by atoms with Crippen LogP contribution in [0.1, 0.15) is 18.0 Å². The highest BCUT2D eigenvalue weighted by molar-refractivity contribution is 5.22. The fraction of sp³-hybridized carbons (Fsp3) is 0.538. The molecule has 2 N–H and O–H groups in total. The summed E-state index contributed by atoms with van der Waals surface area (Å²) in [5, 5.41) is 0. The zero-order valence-corrected chi connectivity index (χ0v) is 10.4. The van der Waals surface area contributed by atoms with Crippen LogP contribution >= 0.6 is 0 Å². The third-order valence-corrected chi connectivity index (χ3v) is 3.39. The zero-order valence-electron chi connectivity index (χ0n) is 10.4. The van der Waals surface area contributed by atoms with Crippen LogP contribution in [-0.4, -0.2) is 37.7 Å². The number of nitrogens with zero attached hydrogens (tertiary/aromatic N) is 1. The van der Waals surface area contributed by atoms with Gasteiger partial charge in [0.1, 0.15) is 0 Å². The summed E-state index contributed by atoms with van der Waals surface area (Å²) in [5.41, 5.74) is 6.17. The molecule has 1 aromatic rings. The van der Waals surface area contributed by atoms with E-state index in [1.807, 2.05) is 11.9 Å². The first-order valence-corrected chi connectivity index (χ1v) is 6.07. The van der Waals surface area contributed by atoms with E-state index in [4.69, 9.17) is 10.5 Å². The molecule has 1 aliphatic heterocycles. The van der Waals surface area contributed by atoms with Gasteiger partial charge < -0.3 is 10.5 Å². The standard InChI is InChI=1S/C13H18F2N2O/c1-17(9-5-6-18-8-9)7-12(16)10-3-2-4-11(14)13(10)15/h2-4,9,12H,5-8,16H2,1H3. The van der Waals surface area contributed by atoms with E-state index in [2.05, 4.69) is 0 Å².